The van der Waals surface area contributed by atoms with Crippen molar-refractivity contribution in [3.8, 4) is 5.75 Å². The van der Waals surface area contributed by atoms with Crippen LogP contribution in [0.1, 0.15) is 45.2 Å². The summed E-state index contributed by atoms with van der Waals surface area (Å²) in [6.07, 6.45) is 1.38. The van der Waals surface area contributed by atoms with Gasteiger partial charge >= 0.3 is 0 Å². The fourth-order valence-electron chi connectivity index (χ4n) is 3.38. The van der Waals surface area contributed by atoms with Gasteiger partial charge in [0.15, 0.2) is 0 Å². The highest BCUT2D eigenvalue weighted by Crippen LogP contribution is 2.19. The van der Waals surface area contributed by atoms with Crippen LogP contribution in [0.5, 0.6) is 5.75 Å². The standard InChI is InChI=1S/C26H36N2O3/c1-19(2)15-16-27-25(29)24(17-21-9-7-6-8-10-21)28(26(30)20(3)4)18-22-11-13-23(31-5)14-12-22/h6-14,19-20,24H,15-18H2,1-5H3,(H,27,29)/t24-/m1/s1. The highest BCUT2D eigenvalue weighted by molar-refractivity contribution is 5.88. The fraction of sp³-hybridized carbons (Fsp3) is 0.462. The Morgan fingerprint density at radius 1 is 0.935 bits per heavy atom. The maximum atomic E-state index is 13.3. The van der Waals surface area contributed by atoms with Gasteiger partial charge in [-0.15, -0.1) is 0 Å². The lowest BCUT2D eigenvalue weighted by atomic mass is 10.0. The van der Waals surface area contributed by atoms with E-state index in [0.29, 0.717) is 25.4 Å². The van der Waals surface area contributed by atoms with Crippen molar-refractivity contribution in [3.05, 3.63) is 65.7 Å². The van der Waals surface area contributed by atoms with Crippen LogP contribution in [0.25, 0.3) is 0 Å². The minimum Gasteiger partial charge on any atom is -0.497 e. The Hall–Kier alpha value is -2.82. The molecule has 168 valence electrons. The SMILES string of the molecule is COc1ccc(CN(C(=O)C(C)C)[C@H](Cc2ccccc2)C(=O)NCCC(C)C)cc1. The zero-order valence-electron chi connectivity index (χ0n) is 19.4. The number of amides is 2. The van der Waals surface area contributed by atoms with E-state index in [1.807, 2.05) is 68.4 Å². The van der Waals surface area contributed by atoms with E-state index in [1.165, 1.54) is 0 Å². The van der Waals surface area contributed by atoms with Crippen LogP contribution in [0.4, 0.5) is 0 Å². The van der Waals surface area contributed by atoms with Gasteiger partial charge < -0.3 is 15.0 Å². The minimum atomic E-state index is -0.577. The normalized spacial score (nSPS) is 12.0. The lowest BCUT2D eigenvalue weighted by Crippen LogP contribution is -2.51. The number of nitrogens with one attached hydrogen (secondary N) is 1. The number of rotatable bonds is 11. The molecule has 0 radical (unpaired) electrons. The Bertz CT molecular complexity index is 816. The number of benzene rings is 2. The van der Waals surface area contributed by atoms with Gasteiger partial charge in [-0.3, -0.25) is 9.59 Å². The van der Waals surface area contributed by atoms with Crippen LogP contribution < -0.4 is 10.1 Å². The summed E-state index contributed by atoms with van der Waals surface area (Å²) in [6, 6.07) is 16.9. The number of hydrogen-bond donors (Lipinski definition) is 1. The summed E-state index contributed by atoms with van der Waals surface area (Å²) in [7, 11) is 1.63. The molecule has 0 saturated heterocycles. The number of carbonyl (C=O) groups is 2. The fourth-order valence-corrected chi connectivity index (χ4v) is 3.38. The molecule has 5 heteroatoms. The first-order chi connectivity index (χ1) is 14.8. The second kappa shape index (κ2) is 12.1. The van der Waals surface area contributed by atoms with Gasteiger partial charge in [-0.25, -0.2) is 0 Å². The van der Waals surface area contributed by atoms with E-state index in [9.17, 15) is 9.59 Å². The van der Waals surface area contributed by atoms with Crippen LogP contribution in [0.15, 0.2) is 54.6 Å². The van der Waals surface area contributed by atoms with Gasteiger partial charge in [-0.1, -0.05) is 70.2 Å². The Morgan fingerprint density at radius 3 is 2.13 bits per heavy atom. The summed E-state index contributed by atoms with van der Waals surface area (Å²) in [4.78, 5) is 28.2. The van der Waals surface area contributed by atoms with Crippen LogP contribution in [0, 0.1) is 11.8 Å². The van der Waals surface area contributed by atoms with Crippen LogP contribution in [0.2, 0.25) is 0 Å². The molecule has 0 fully saturated rings. The predicted octanol–water partition coefficient (Wildman–Crippen LogP) is 4.45. The van der Waals surface area contributed by atoms with Gasteiger partial charge in [0.05, 0.1) is 7.11 Å². The molecule has 0 aliphatic heterocycles. The third-order valence-corrected chi connectivity index (χ3v) is 5.26. The van der Waals surface area contributed by atoms with Crippen LogP contribution in [0.3, 0.4) is 0 Å². The molecule has 1 N–H and O–H groups in total. The molecule has 0 aliphatic carbocycles. The zero-order chi connectivity index (χ0) is 22.8. The Labute approximate surface area is 186 Å². The molecular weight excluding hydrogens is 388 g/mol. The van der Waals surface area contributed by atoms with Crippen molar-refractivity contribution in [2.75, 3.05) is 13.7 Å². The van der Waals surface area contributed by atoms with Crippen molar-refractivity contribution in [2.24, 2.45) is 11.8 Å². The van der Waals surface area contributed by atoms with Crippen molar-refractivity contribution in [3.63, 3.8) is 0 Å². The average molecular weight is 425 g/mol. The summed E-state index contributed by atoms with van der Waals surface area (Å²) < 4.78 is 5.24. The first-order valence-corrected chi connectivity index (χ1v) is 11.1. The quantitative estimate of drug-likeness (QED) is 0.580. The minimum absolute atomic E-state index is 0.0317. The maximum absolute atomic E-state index is 13.3. The molecule has 5 nitrogen and oxygen atoms in total. The van der Waals surface area contributed by atoms with Crippen LogP contribution >= 0.6 is 0 Å². The van der Waals surface area contributed by atoms with E-state index in [2.05, 4.69) is 19.2 Å². The molecule has 0 unspecified atom stereocenters. The van der Waals surface area contributed by atoms with Crippen molar-refractivity contribution >= 4 is 11.8 Å². The number of carbonyl (C=O) groups excluding carboxylic acids is 2. The van der Waals surface area contributed by atoms with Crippen molar-refractivity contribution in [2.45, 2.75) is 53.1 Å². The number of nitrogens with zero attached hydrogens (tertiary/aromatic N) is 1. The summed E-state index contributed by atoms with van der Waals surface area (Å²) >= 11 is 0. The lowest BCUT2D eigenvalue weighted by molar-refractivity contribution is -0.143. The van der Waals surface area contributed by atoms with Crippen LogP contribution in [-0.2, 0) is 22.6 Å². The van der Waals surface area contributed by atoms with E-state index < -0.39 is 6.04 Å². The smallest absolute Gasteiger partial charge is 0.243 e. The Balaban J connectivity index is 2.32. The molecule has 31 heavy (non-hydrogen) atoms. The molecule has 2 aromatic rings. The highest BCUT2D eigenvalue weighted by atomic mass is 16.5. The van der Waals surface area contributed by atoms with E-state index in [4.69, 9.17) is 4.74 Å². The summed E-state index contributed by atoms with van der Waals surface area (Å²) in [6.45, 7) is 8.99. The number of ether oxygens (including phenoxy) is 1. The average Bonchev–Trinajstić information content (AvgIpc) is 2.76. The van der Waals surface area contributed by atoms with E-state index >= 15 is 0 Å². The zero-order valence-corrected chi connectivity index (χ0v) is 19.4. The summed E-state index contributed by atoms with van der Waals surface area (Å²) in [5.74, 6) is 0.918. The molecule has 0 heterocycles. The highest BCUT2D eigenvalue weighted by Gasteiger charge is 2.31. The van der Waals surface area contributed by atoms with Gasteiger partial charge in [0.2, 0.25) is 11.8 Å². The van der Waals surface area contributed by atoms with Gasteiger partial charge in [0.1, 0.15) is 11.8 Å². The molecule has 2 rings (SSSR count). The molecule has 0 aromatic heterocycles. The summed E-state index contributed by atoms with van der Waals surface area (Å²) in [5.41, 5.74) is 1.99. The molecule has 1 atom stereocenters. The second-order valence-corrected chi connectivity index (χ2v) is 8.65. The number of methoxy groups -OCH3 is 1. The molecule has 2 aromatic carbocycles. The van der Waals surface area contributed by atoms with Gasteiger partial charge in [0.25, 0.3) is 0 Å². The van der Waals surface area contributed by atoms with Crippen molar-refractivity contribution in [1.82, 2.24) is 10.2 Å². The summed E-state index contributed by atoms with van der Waals surface area (Å²) in [5, 5.41) is 3.06. The first-order valence-electron chi connectivity index (χ1n) is 11.1. The third-order valence-electron chi connectivity index (χ3n) is 5.26. The van der Waals surface area contributed by atoms with E-state index in [1.54, 1.807) is 12.0 Å². The Morgan fingerprint density at radius 2 is 1.58 bits per heavy atom. The Kier molecular flexibility index (Phi) is 9.57. The van der Waals surface area contributed by atoms with Crippen molar-refractivity contribution < 1.29 is 14.3 Å². The molecule has 0 bridgehead atoms. The van der Waals surface area contributed by atoms with Gasteiger partial charge in [-0.2, -0.15) is 0 Å². The monoisotopic (exact) mass is 424 g/mol. The van der Waals surface area contributed by atoms with E-state index in [-0.39, 0.29) is 17.7 Å². The number of hydrogen-bond acceptors (Lipinski definition) is 3. The second-order valence-electron chi connectivity index (χ2n) is 8.65. The lowest BCUT2D eigenvalue weighted by Gasteiger charge is -2.33. The largest absolute Gasteiger partial charge is 0.497 e. The van der Waals surface area contributed by atoms with E-state index in [0.717, 1.165) is 23.3 Å². The van der Waals surface area contributed by atoms with Crippen LogP contribution in [-0.4, -0.2) is 36.4 Å². The topological polar surface area (TPSA) is 58.6 Å². The maximum Gasteiger partial charge on any atom is 0.243 e. The molecule has 0 spiro atoms. The predicted molar refractivity (Wildman–Crippen MR) is 125 cm³/mol. The van der Waals surface area contributed by atoms with Gasteiger partial charge in [0, 0.05) is 25.4 Å². The molecule has 0 aliphatic rings. The van der Waals surface area contributed by atoms with Gasteiger partial charge in [-0.05, 0) is 35.6 Å². The molecular formula is C26H36N2O3. The van der Waals surface area contributed by atoms with Crippen molar-refractivity contribution in [1.29, 1.82) is 0 Å². The third kappa shape index (κ3) is 7.74. The molecule has 0 saturated carbocycles. The molecule has 2 amide bonds. The first kappa shape index (κ1) is 24.4.